The van der Waals surface area contributed by atoms with Crippen LogP contribution in [0.15, 0.2) is 30.3 Å². The van der Waals surface area contributed by atoms with Crippen LogP contribution in [-0.4, -0.2) is 35.2 Å². The lowest BCUT2D eigenvalue weighted by Crippen LogP contribution is -2.47. The van der Waals surface area contributed by atoms with Crippen LogP contribution < -0.4 is 5.32 Å². The lowest BCUT2D eigenvalue weighted by molar-refractivity contribution is -0.0991. The van der Waals surface area contributed by atoms with Crippen LogP contribution in [-0.2, 0) is 11.3 Å². The van der Waals surface area contributed by atoms with Crippen molar-refractivity contribution in [2.45, 2.75) is 13.5 Å². The number of hydrogen-bond acceptors (Lipinski definition) is 4. The third-order valence-corrected chi connectivity index (χ3v) is 3.41. The second-order valence-electron chi connectivity index (χ2n) is 5.39. The monoisotopic (exact) mass is 258 g/mol. The van der Waals surface area contributed by atoms with Crippen molar-refractivity contribution in [3.63, 3.8) is 0 Å². The van der Waals surface area contributed by atoms with E-state index in [1.807, 2.05) is 30.3 Å². The Morgan fingerprint density at radius 3 is 2.74 bits per heavy atom. The molecule has 2 N–H and O–H groups in total. The normalized spacial score (nSPS) is 17.1. The standard InChI is InChI=1S/C14H18N4O/c1-14(9-19-10-14)8-15-7-12-13(17-18-16-12)11-5-3-2-4-6-11/h2-6,15H,7-10H2,1H3,(H,16,17,18). The smallest absolute Gasteiger partial charge is 0.117 e. The Labute approximate surface area is 112 Å². The summed E-state index contributed by atoms with van der Waals surface area (Å²) in [5.74, 6) is 0. The minimum atomic E-state index is 0.274. The number of aromatic amines is 1. The van der Waals surface area contributed by atoms with Gasteiger partial charge in [-0.2, -0.15) is 15.4 Å². The Hall–Kier alpha value is -1.72. The van der Waals surface area contributed by atoms with E-state index in [1.54, 1.807) is 0 Å². The maximum atomic E-state index is 5.24. The van der Waals surface area contributed by atoms with Crippen LogP contribution in [0.3, 0.4) is 0 Å². The number of nitrogens with one attached hydrogen (secondary N) is 2. The Morgan fingerprint density at radius 2 is 2.05 bits per heavy atom. The van der Waals surface area contributed by atoms with E-state index in [0.717, 1.165) is 43.3 Å². The Morgan fingerprint density at radius 1 is 1.26 bits per heavy atom. The van der Waals surface area contributed by atoms with E-state index in [1.165, 1.54) is 0 Å². The molecule has 1 aliphatic heterocycles. The van der Waals surface area contributed by atoms with Crippen molar-refractivity contribution >= 4 is 0 Å². The number of ether oxygens (including phenoxy) is 1. The fraction of sp³-hybridized carbons (Fsp3) is 0.429. The van der Waals surface area contributed by atoms with E-state index in [0.29, 0.717) is 0 Å². The number of nitrogens with zero attached hydrogens (tertiary/aromatic N) is 2. The molecule has 0 saturated carbocycles. The number of H-pyrrole nitrogens is 1. The molecule has 0 aliphatic carbocycles. The van der Waals surface area contributed by atoms with Crippen LogP contribution >= 0.6 is 0 Å². The Balaban J connectivity index is 1.64. The molecule has 100 valence electrons. The van der Waals surface area contributed by atoms with Crippen molar-refractivity contribution in [1.82, 2.24) is 20.7 Å². The highest BCUT2D eigenvalue weighted by Gasteiger charge is 2.32. The molecule has 0 spiro atoms. The highest BCUT2D eigenvalue weighted by Crippen LogP contribution is 2.25. The molecule has 0 atom stereocenters. The van der Waals surface area contributed by atoms with E-state index in [2.05, 4.69) is 27.7 Å². The van der Waals surface area contributed by atoms with Gasteiger partial charge in [0.2, 0.25) is 0 Å². The second kappa shape index (κ2) is 5.11. The topological polar surface area (TPSA) is 62.8 Å². The van der Waals surface area contributed by atoms with Gasteiger partial charge in [-0.3, -0.25) is 0 Å². The minimum Gasteiger partial charge on any atom is -0.380 e. The van der Waals surface area contributed by atoms with E-state index in [9.17, 15) is 0 Å². The van der Waals surface area contributed by atoms with E-state index in [-0.39, 0.29) is 5.41 Å². The predicted molar refractivity (Wildman–Crippen MR) is 72.5 cm³/mol. The van der Waals surface area contributed by atoms with Crippen molar-refractivity contribution < 1.29 is 4.74 Å². The zero-order valence-corrected chi connectivity index (χ0v) is 11.0. The van der Waals surface area contributed by atoms with Gasteiger partial charge in [-0.25, -0.2) is 0 Å². The Kier molecular flexibility index (Phi) is 3.31. The van der Waals surface area contributed by atoms with Crippen LogP contribution in [0, 0.1) is 5.41 Å². The fourth-order valence-electron chi connectivity index (χ4n) is 2.24. The van der Waals surface area contributed by atoms with Crippen molar-refractivity contribution in [2.24, 2.45) is 5.41 Å². The first-order chi connectivity index (χ1) is 9.27. The number of aromatic nitrogens is 3. The van der Waals surface area contributed by atoms with Crippen molar-refractivity contribution in [2.75, 3.05) is 19.8 Å². The lowest BCUT2D eigenvalue weighted by atomic mass is 9.89. The molecule has 0 bridgehead atoms. The summed E-state index contributed by atoms with van der Waals surface area (Å²) in [7, 11) is 0. The predicted octanol–water partition coefficient (Wildman–Crippen LogP) is 1.60. The molecule has 1 aliphatic rings. The highest BCUT2D eigenvalue weighted by molar-refractivity contribution is 5.60. The zero-order chi connectivity index (χ0) is 13.1. The summed E-state index contributed by atoms with van der Waals surface area (Å²) >= 11 is 0. The first-order valence-electron chi connectivity index (χ1n) is 6.50. The van der Waals surface area contributed by atoms with Gasteiger partial charge in [-0.05, 0) is 0 Å². The first kappa shape index (κ1) is 12.3. The summed E-state index contributed by atoms with van der Waals surface area (Å²) in [6.45, 7) is 5.56. The van der Waals surface area contributed by atoms with Crippen molar-refractivity contribution in [1.29, 1.82) is 0 Å². The summed E-state index contributed by atoms with van der Waals surface area (Å²) < 4.78 is 5.24. The second-order valence-corrected chi connectivity index (χ2v) is 5.39. The molecule has 1 aromatic carbocycles. The zero-order valence-electron chi connectivity index (χ0n) is 11.0. The van der Waals surface area contributed by atoms with Gasteiger partial charge >= 0.3 is 0 Å². The van der Waals surface area contributed by atoms with Gasteiger partial charge in [0.1, 0.15) is 11.4 Å². The third kappa shape index (κ3) is 2.67. The summed E-state index contributed by atoms with van der Waals surface area (Å²) in [6, 6.07) is 10.1. The van der Waals surface area contributed by atoms with Crippen molar-refractivity contribution in [3.05, 3.63) is 36.0 Å². The van der Waals surface area contributed by atoms with Gasteiger partial charge in [0, 0.05) is 24.1 Å². The van der Waals surface area contributed by atoms with Gasteiger partial charge in [0.25, 0.3) is 0 Å². The number of rotatable bonds is 5. The largest absolute Gasteiger partial charge is 0.380 e. The maximum absolute atomic E-state index is 5.24. The van der Waals surface area contributed by atoms with Crippen LogP contribution in [0.4, 0.5) is 0 Å². The molecule has 2 heterocycles. The quantitative estimate of drug-likeness (QED) is 0.855. The molecule has 5 heteroatoms. The summed E-state index contributed by atoms with van der Waals surface area (Å²) in [5, 5.41) is 14.6. The molecule has 1 aromatic heterocycles. The third-order valence-electron chi connectivity index (χ3n) is 3.41. The molecule has 3 rings (SSSR count). The lowest BCUT2D eigenvalue weighted by Gasteiger charge is -2.38. The molecule has 1 fully saturated rings. The molecular weight excluding hydrogens is 240 g/mol. The average molecular weight is 258 g/mol. The molecule has 19 heavy (non-hydrogen) atoms. The first-order valence-corrected chi connectivity index (χ1v) is 6.50. The van der Waals surface area contributed by atoms with Gasteiger partial charge in [-0.15, -0.1) is 0 Å². The van der Waals surface area contributed by atoms with Crippen molar-refractivity contribution in [3.8, 4) is 11.3 Å². The SMILES string of the molecule is CC1(CNCc2n[nH]nc2-c2ccccc2)COC1. The van der Waals surface area contributed by atoms with Crippen LogP contribution in [0.5, 0.6) is 0 Å². The molecular formula is C14H18N4O. The summed E-state index contributed by atoms with van der Waals surface area (Å²) in [6.07, 6.45) is 0. The maximum Gasteiger partial charge on any atom is 0.117 e. The van der Waals surface area contributed by atoms with Crippen LogP contribution in [0.1, 0.15) is 12.6 Å². The van der Waals surface area contributed by atoms with Crippen LogP contribution in [0.25, 0.3) is 11.3 Å². The minimum absolute atomic E-state index is 0.274. The Bertz CT molecular complexity index is 533. The van der Waals surface area contributed by atoms with Gasteiger partial charge in [0.15, 0.2) is 0 Å². The highest BCUT2D eigenvalue weighted by atomic mass is 16.5. The van der Waals surface area contributed by atoms with E-state index in [4.69, 9.17) is 4.74 Å². The number of benzene rings is 1. The number of hydrogen-bond donors (Lipinski definition) is 2. The molecule has 2 aromatic rings. The van der Waals surface area contributed by atoms with Gasteiger partial charge < -0.3 is 10.1 Å². The van der Waals surface area contributed by atoms with Crippen LogP contribution in [0.2, 0.25) is 0 Å². The fourth-order valence-corrected chi connectivity index (χ4v) is 2.24. The molecule has 1 saturated heterocycles. The van der Waals surface area contributed by atoms with E-state index < -0.39 is 0 Å². The molecule has 0 unspecified atom stereocenters. The van der Waals surface area contributed by atoms with Gasteiger partial charge in [-0.1, -0.05) is 37.3 Å². The molecule has 0 amide bonds. The summed E-state index contributed by atoms with van der Waals surface area (Å²) in [4.78, 5) is 0. The van der Waals surface area contributed by atoms with E-state index >= 15 is 0 Å². The van der Waals surface area contributed by atoms with Gasteiger partial charge in [0.05, 0.1) is 13.2 Å². The summed E-state index contributed by atoms with van der Waals surface area (Å²) in [5.41, 5.74) is 3.24. The molecule has 0 radical (unpaired) electrons. The molecule has 5 nitrogen and oxygen atoms in total. The average Bonchev–Trinajstić information content (AvgIpc) is 2.86.